The Labute approximate surface area is 170 Å². The van der Waals surface area contributed by atoms with Gasteiger partial charge >= 0.3 is 0 Å². The molecule has 0 radical (unpaired) electrons. The number of fused-ring (bicyclic) bond motifs is 2. The van der Waals surface area contributed by atoms with Crippen molar-refractivity contribution in [2.75, 3.05) is 22.9 Å². The van der Waals surface area contributed by atoms with E-state index in [4.69, 9.17) is 0 Å². The highest BCUT2D eigenvalue weighted by Crippen LogP contribution is 2.30. The SMILES string of the molecule is C=CCN1C(=O)C(=O)c2cc(F)ccc21.C=CCN1C(=O)C(=O)c2cc(F)ccc21. The van der Waals surface area contributed by atoms with Crippen LogP contribution in [0.5, 0.6) is 0 Å². The van der Waals surface area contributed by atoms with E-state index in [9.17, 15) is 28.0 Å². The molecule has 0 aliphatic carbocycles. The summed E-state index contributed by atoms with van der Waals surface area (Å²) in [6.07, 6.45) is 3.03. The summed E-state index contributed by atoms with van der Waals surface area (Å²) in [7, 11) is 0. The zero-order valence-electron chi connectivity index (χ0n) is 15.7. The molecule has 0 aromatic heterocycles. The van der Waals surface area contributed by atoms with Crippen LogP contribution in [0.1, 0.15) is 20.7 Å². The number of anilines is 2. The number of rotatable bonds is 4. The largest absolute Gasteiger partial charge is 0.301 e. The van der Waals surface area contributed by atoms with E-state index in [0.717, 1.165) is 12.1 Å². The average molecular weight is 410 g/mol. The summed E-state index contributed by atoms with van der Waals surface area (Å²) in [6, 6.07) is 7.47. The van der Waals surface area contributed by atoms with E-state index in [1.807, 2.05) is 0 Å². The Hall–Kier alpha value is -3.94. The van der Waals surface area contributed by atoms with Gasteiger partial charge in [-0.2, -0.15) is 0 Å². The summed E-state index contributed by atoms with van der Waals surface area (Å²) in [5, 5.41) is 0. The number of amides is 2. The molecule has 0 bridgehead atoms. The molecule has 30 heavy (non-hydrogen) atoms. The lowest BCUT2D eigenvalue weighted by atomic mass is 10.1. The number of hydrogen-bond donors (Lipinski definition) is 0. The third-order valence-electron chi connectivity index (χ3n) is 4.49. The molecule has 2 heterocycles. The van der Waals surface area contributed by atoms with Gasteiger partial charge in [0.25, 0.3) is 23.4 Å². The van der Waals surface area contributed by atoms with Gasteiger partial charge in [-0.15, -0.1) is 13.2 Å². The molecule has 0 saturated carbocycles. The van der Waals surface area contributed by atoms with Crippen molar-refractivity contribution >= 4 is 34.8 Å². The fraction of sp³-hybridized carbons (Fsp3) is 0.0909. The molecule has 2 aromatic carbocycles. The van der Waals surface area contributed by atoms with E-state index in [2.05, 4.69) is 13.2 Å². The van der Waals surface area contributed by atoms with Gasteiger partial charge in [0.2, 0.25) is 0 Å². The van der Waals surface area contributed by atoms with Crippen LogP contribution < -0.4 is 9.80 Å². The Balaban J connectivity index is 0.000000171. The minimum Gasteiger partial charge on any atom is -0.301 e. The maximum absolute atomic E-state index is 12.9. The van der Waals surface area contributed by atoms with Crippen LogP contribution in [0.15, 0.2) is 61.7 Å². The fourth-order valence-electron chi connectivity index (χ4n) is 3.17. The van der Waals surface area contributed by atoms with Gasteiger partial charge in [0, 0.05) is 13.1 Å². The molecule has 2 aliphatic heterocycles. The Morgan fingerprint density at radius 2 is 1.07 bits per heavy atom. The zero-order chi connectivity index (χ0) is 22.0. The number of carbonyl (C=O) groups excluding carboxylic acids is 4. The number of carbonyl (C=O) groups is 4. The molecule has 0 unspecified atom stereocenters. The molecule has 2 aromatic rings. The van der Waals surface area contributed by atoms with Gasteiger partial charge in [0.15, 0.2) is 0 Å². The van der Waals surface area contributed by atoms with Crippen molar-refractivity contribution in [1.29, 1.82) is 0 Å². The van der Waals surface area contributed by atoms with Gasteiger partial charge in [0.05, 0.1) is 22.5 Å². The van der Waals surface area contributed by atoms with Crippen molar-refractivity contribution in [2.45, 2.75) is 0 Å². The predicted molar refractivity (Wildman–Crippen MR) is 107 cm³/mol. The molecule has 152 valence electrons. The van der Waals surface area contributed by atoms with E-state index in [1.165, 1.54) is 46.2 Å². The number of benzene rings is 2. The quantitative estimate of drug-likeness (QED) is 0.574. The molecular formula is C22H16F2N2O4. The lowest BCUT2D eigenvalue weighted by Crippen LogP contribution is -2.29. The molecule has 2 aliphatic rings. The Bertz CT molecular complexity index is 1020. The van der Waals surface area contributed by atoms with Gasteiger partial charge in [-0.25, -0.2) is 8.78 Å². The standard InChI is InChI=1S/2C11H8FNO2/c2*1-2-5-13-9-4-3-7(12)6-8(9)10(14)11(13)15/h2*2-4,6H,1,5H2. The van der Waals surface area contributed by atoms with E-state index < -0.39 is 35.0 Å². The summed E-state index contributed by atoms with van der Waals surface area (Å²) >= 11 is 0. The third kappa shape index (κ3) is 3.55. The van der Waals surface area contributed by atoms with Crippen molar-refractivity contribution < 1.29 is 28.0 Å². The summed E-state index contributed by atoms with van der Waals surface area (Å²) < 4.78 is 25.7. The topological polar surface area (TPSA) is 74.8 Å². The molecular weight excluding hydrogens is 394 g/mol. The Morgan fingerprint density at radius 3 is 1.40 bits per heavy atom. The minimum atomic E-state index is -0.661. The van der Waals surface area contributed by atoms with Crippen LogP contribution in [0.2, 0.25) is 0 Å². The molecule has 0 atom stereocenters. The average Bonchev–Trinajstić information content (AvgIpc) is 3.09. The highest BCUT2D eigenvalue weighted by Gasteiger charge is 2.36. The second kappa shape index (κ2) is 8.20. The van der Waals surface area contributed by atoms with Crippen LogP contribution >= 0.6 is 0 Å². The van der Waals surface area contributed by atoms with Crippen LogP contribution in [0, 0.1) is 11.6 Å². The van der Waals surface area contributed by atoms with Crippen molar-refractivity contribution in [3.63, 3.8) is 0 Å². The maximum Gasteiger partial charge on any atom is 0.299 e. The second-order valence-corrected chi connectivity index (χ2v) is 6.39. The van der Waals surface area contributed by atoms with Crippen molar-refractivity contribution in [3.05, 3.63) is 84.5 Å². The lowest BCUT2D eigenvalue weighted by Gasteiger charge is -2.13. The van der Waals surface area contributed by atoms with Crippen LogP contribution in [0.25, 0.3) is 0 Å². The molecule has 6 nitrogen and oxygen atoms in total. The zero-order valence-corrected chi connectivity index (χ0v) is 15.7. The third-order valence-corrected chi connectivity index (χ3v) is 4.49. The van der Waals surface area contributed by atoms with Gasteiger partial charge in [-0.3, -0.25) is 19.2 Å². The highest BCUT2D eigenvalue weighted by atomic mass is 19.1. The van der Waals surface area contributed by atoms with Gasteiger partial charge in [-0.1, -0.05) is 12.2 Å². The first-order valence-corrected chi connectivity index (χ1v) is 8.83. The smallest absolute Gasteiger partial charge is 0.299 e. The van der Waals surface area contributed by atoms with Crippen LogP contribution in [0.4, 0.5) is 20.2 Å². The molecule has 0 fully saturated rings. The highest BCUT2D eigenvalue weighted by molar-refractivity contribution is 6.52. The fourth-order valence-corrected chi connectivity index (χ4v) is 3.17. The number of nitrogens with zero attached hydrogens (tertiary/aromatic N) is 2. The molecule has 0 saturated heterocycles. The van der Waals surface area contributed by atoms with E-state index in [0.29, 0.717) is 11.4 Å². The first-order valence-electron chi connectivity index (χ1n) is 8.83. The van der Waals surface area contributed by atoms with Gasteiger partial charge in [0.1, 0.15) is 11.6 Å². The summed E-state index contributed by atoms with van der Waals surface area (Å²) in [6.45, 7) is 7.50. The Kier molecular flexibility index (Phi) is 5.68. The monoisotopic (exact) mass is 410 g/mol. The normalized spacial score (nSPS) is 14.3. The first kappa shape index (κ1) is 20.8. The van der Waals surface area contributed by atoms with Crippen LogP contribution in [-0.2, 0) is 9.59 Å². The number of ketones is 2. The molecule has 2 amide bonds. The molecule has 0 spiro atoms. The summed E-state index contributed by atoms with van der Waals surface area (Å²) in [5.41, 5.74) is 1.15. The lowest BCUT2D eigenvalue weighted by molar-refractivity contribution is -0.114. The van der Waals surface area contributed by atoms with Crippen LogP contribution in [0.3, 0.4) is 0 Å². The first-order chi connectivity index (χ1) is 14.3. The Morgan fingerprint density at radius 1 is 0.700 bits per heavy atom. The van der Waals surface area contributed by atoms with Crippen molar-refractivity contribution in [3.8, 4) is 0 Å². The predicted octanol–water partition coefficient (Wildman–Crippen LogP) is 3.08. The van der Waals surface area contributed by atoms with E-state index in [1.54, 1.807) is 0 Å². The number of hydrogen-bond acceptors (Lipinski definition) is 4. The van der Waals surface area contributed by atoms with Gasteiger partial charge < -0.3 is 9.80 Å². The number of Topliss-reactive ketones (excluding diaryl/α,β-unsaturated/α-hetero) is 2. The van der Waals surface area contributed by atoms with Crippen LogP contribution in [-0.4, -0.2) is 36.5 Å². The maximum atomic E-state index is 12.9. The molecule has 0 N–H and O–H groups in total. The van der Waals surface area contributed by atoms with E-state index >= 15 is 0 Å². The molecule has 4 rings (SSSR count). The summed E-state index contributed by atoms with van der Waals surface area (Å²) in [5.74, 6) is -3.62. The van der Waals surface area contributed by atoms with Crippen molar-refractivity contribution in [1.82, 2.24) is 0 Å². The van der Waals surface area contributed by atoms with Crippen molar-refractivity contribution in [2.24, 2.45) is 0 Å². The number of halogens is 2. The minimum absolute atomic E-state index is 0.127. The van der Waals surface area contributed by atoms with E-state index in [-0.39, 0.29) is 24.2 Å². The molecule has 8 heteroatoms. The van der Waals surface area contributed by atoms with Gasteiger partial charge in [-0.05, 0) is 36.4 Å². The summed E-state index contributed by atoms with van der Waals surface area (Å²) in [4.78, 5) is 48.4. The second-order valence-electron chi connectivity index (χ2n) is 6.39.